The van der Waals surface area contributed by atoms with Gasteiger partial charge in [-0.2, -0.15) is 0 Å². The molecule has 1 aliphatic heterocycles. The van der Waals surface area contributed by atoms with E-state index in [-0.39, 0.29) is 5.37 Å². The molecule has 0 amide bonds. The molecule has 0 radical (unpaired) electrons. The van der Waals surface area contributed by atoms with Crippen LogP contribution >= 0.6 is 11.8 Å². The molecule has 1 saturated heterocycles. The molecule has 0 N–H and O–H groups in total. The van der Waals surface area contributed by atoms with Crippen molar-refractivity contribution in [1.82, 2.24) is 5.06 Å². The van der Waals surface area contributed by atoms with E-state index in [0.717, 1.165) is 11.3 Å². The molecule has 2 aromatic carbocycles. The van der Waals surface area contributed by atoms with Crippen LogP contribution in [0.1, 0.15) is 10.9 Å². The standard InChI is InChI=1S/C13H12NOS/c15-14-8-9-16-13(14)12-7-3-5-10-4-1-2-6-11(10)12/h1-7,13H,8-9H2/q-1. The molecule has 0 saturated carbocycles. The Hall–Kier alpha value is -1.03. The molecule has 1 atom stereocenters. The van der Waals surface area contributed by atoms with E-state index >= 15 is 0 Å². The number of thioether (sulfide) groups is 1. The van der Waals surface area contributed by atoms with Crippen molar-refractivity contribution >= 4 is 22.5 Å². The van der Waals surface area contributed by atoms with E-state index < -0.39 is 0 Å². The summed E-state index contributed by atoms with van der Waals surface area (Å²) < 4.78 is 0. The van der Waals surface area contributed by atoms with E-state index in [1.165, 1.54) is 15.8 Å². The van der Waals surface area contributed by atoms with Gasteiger partial charge in [0, 0.05) is 5.75 Å². The van der Waals surface area contributed by atoms with Crippen LogP contribution in [0, 0.1) is 5.21 Å². The maximum Gasteiger partial charge on any atom is 0.0707 e. The molecule has 0 spiro atoms. The third kappa shape index (κ3) is 1.61. The summed E-state index contributed by atoms with van der Waals surface area (Å²) in [4.78, 5) is 0. The Kier molecular flexibility index (Phi) is 2.59. The molecular weight excluding hydrogens is 218 g/mol. The van der Waals surface area contributed by atoms with Gasteiger partial charge in [-0.1, -0.05) is 42.5 Å². The van der Waals surface area contributed by atoms with Gasteiger partial charge in [0.1, 0.15) is 0 Å². The summed E-state index contributed by atoms with van der Waals surface area (Å²) in [7, 11) is 0. The molecule has 2 aromatic rings. The molecule has 0 aliphatic carbocycles. The van der Waals surface area contributed by atoms with Gasteiger partial charge in [0.2, 0.25) is 0 Å². The van der Waals surface area contributed by atoms with E-state index in [2.05, 4.69) is 24.3 Å². The number of hydrogen-bond donors (Lipinski definition) is 0. The van der Waals surface area contributed by atoms with Crippen LogP contribution in [-0.2, 0) is 0 Å². The van der Waals surface area contributed by atoms with E-state index in [1.54, 1.807) is 11.8 Å². The molecule has 2 nitrogen and oxygen atoms in total. The van der Waals surface area contributed by atoms with Crippen LogP contribution in [0.3, 0.4) is 0 Å². The monoisotopic (exact) mass is 230 g/mol. The van der Waals surface area contributed by atoms with Gasteiger partial charge in [0.15, 0.2) is 0 Å². The second-order valence-corrected chi connectivity index (χ2v) is 5.12. The highest BCUT2D eigenvalue weighted by Crippen LogP contribution is 2.39. The molecule has 3 rings (SSSR count). The number of rotatable bonds is 1. The molecule has 16 heavy (non-hydrogen) atoms. The van der Waals surface area contributed by atoms with Crippen molar-refractivity contribution in [3.8, 4) is 0 Å². The normalized spacial score (nSPS) is 21.7. The predicted octanol–water partition coefficient (Wildman–Crippen LogP) is 3.39. The lowest BCUT2D eigenvalue weighted by Gasteiger charge is -2.29. The molecule has 1 heterocycles. The molecule has 1 unspecified atom stereocenters. The van der Waals surface area contributed by atoms with Gasteiger partial charge >= 0.3 is 0 Å². The van der Waals surface area contributed by atoms with Crippen LogP contribution in [0.4, 0.5) is 0 Å². The highest BCUT2D eigenvalue weighted by molar-refractivity contribution is 7.99. The Balaban J connectivity index is 2.16. The molecule has 1 fully saturated rings. The maximum atomic E-state index is 11.7. The first kappa shape index (κ1) is 10.1. The lowest BCUT2D eigenvalue weighted by molar-refractivity contribution is 0.407. The van der Waals surface area contributed by atoms with Crippen LogP contribution in [0.2, 0.25) is 0 Å². The third-order valence-electron chi connectivity index (χ3n) is 2.94. The molecule has 0 aromatic heterocycles. The predicted molar refractivity (Wildman–Crippen MR) is 69.2 cm³/mol. The van der Waals surface area contributed by atoms with Crippen molar-refractivity contribution in [2.75, 3.05) is 12.3 Å². The van der Waals surface area contributed by atoms with E-state index in [0.29, 0.717) is 6.54 Å². The van der Waals surface area contributed by atoms with Gasteiger partial charge in [0.25, 0.3) is 0 Å². The summed E-state index contributed by atoms with van der Waals surface area (Å²) in [6.45, 7) is 0.637. The molecule has 3 heteroatoms. The van der Waals surface area contributed by atoms with Crippen LogP contribution in [0.5, 0.6) is 0 Å². The van der Waals surface area contributed by atoms with Crippen molar-refractivity contribution in [2.24, 2.45) is 0 Å². The minimum absolute atomic E-state index is 0.0221. The Labute approximate surface area is 98.8 Å². The van der Waals surface area contributed by atoms with Gasteiger partial charge in [-0.05, 0) is 22.9 Å². The minimum atomic E-state index is -0.0221. The van der Waals surface area contributed by atoms with Gasteiger partial charge < -0.3 is 10.3 Å². The van der Waals surface area contributed by atoms with Crippen LogP contribution in [0.15, 0.2) is 42.5 Å². The van der Waals surface area contributed by atoms with Gasteiger partial charge in [-0.25, -0.2) is 0 Å². The highest BCUT2D eigenvalue weighted by atomic mass is 32.2. The zero-order valence-electron chi connectivity index (χ0n) is 8.80. The lowest BCUT2D eigenvalue weighted by atomic mass is 10.0. The summed E-state index contributed by atoms with van der Waals surface area (Å²) in [6.07, 6.45) is 0. The first-order chi connectivity index (χ1) is 7.86. The summed E-state index contributed by atoms with van der Waals surface area (Å²) in [5, 5.41) is 15.3. The molecule has 82 valence electrons. The highest BCUT2D eigenvalue weighted by Gasteiger charge is 2.20. The van der Waals surface area contributed by atoms with Gasteiger partial charge in [0.05, 0.1) is 5.37 Å². The smallest absolute Gasteiger partial charge is 0.0707 e. The fourth-order valence-electron chi connectivity index (χ4n) is 2.17. The van der Waals surface area contributed by atoms with Crippen LogP contribution in [0.25, 0.3) is 10.8 Å². The lowest BCUT2D eigenvalue weighted by Crippen LogP contribution is -2.14. The van der Waals surface area contributed by atoms with E-state index in [4.69, 9.17) is 0 Å². The molecule has 0 bridgehead atoms. The Morgan fingerprint density at radius 3 is 2.75 bits per heavy atom. The SMILES string of the molecule is [O-]N1CCSC1c1cccc2ccccc12. The average molecular weight is 230 g/mol. The van der Waals surface area contributed by atoms with Crippen molar-refractivity contribution in [1.29, 1.82) is 0 Å². The fourth-order valence-corrected chi connectivity index (χ4v) is 3.33. The number of hydroxylamine groups is 2. The van der Waals surface area contributed by atoms with Crippen LogP contribution < -0.4 is 0 Å². The third-order valence-corrected chi connectivity index (χ3v) is 4.16. The fraction of sp³-hybridized carbons (Fsp3) is 0.231. The Morgan fingerprint density at radius 2 is 1.94 bits per heavy atom. The Bertz CT molecular complexity index is 509. The van der Waals surface area contributed by atoms with Gasteiger partial charge in [-0.3, -0.25) is 0 Å². The quantitative estimate of drug-likeness (QED) is 0.751. The van der Waals surface area contributed by atoms with Crippen molar-refractivity contribution in [2.45, 2.75) is 5.37 Å². The zero-order chi connectivity index (χ0) is 11.0. The first-order valence-electron chi connectivity index (χ1n) is 5.39. The minimum Gasteiger partial charge on any atom is -0.784 e. The van der Waals surface area contributed by atoms with Crippen molar-refractivity contribution < 1.29 is 0 Å². The average Bonchev–Trinajstić information content (AvgIpc) is 2.75. The second kappa shape index (κ2) is 4.09. The second-order valence-electron chi connectivity index (χ2n) is 3.93. The summed E-state index contributed by atoms with van der Waals surface area (Å²) in [5.41, 5.74) is 1.15. The first-order valence-corrected chi connectivity index (χ1v) is 6.44. The molecular formula is C13H12NOS-. The summed E-state index contributed by atoms with van der Waals surface area (Å²) in [6, 6.07) is 14.4. The Morgan fingerprint density at radius 1 is 1.12 bits per heavy atom. The number of benzene rings is 2. The van der Waals surface area contributed by atoms with E-state index in [1.807, 2.05) is 18.2 Å². The summed E-state index contributed by atoms with van der Waals surface area (Å²) >= 11 is 1.73. The molecule has 1 aliphatic rings. The maximum absolute atomic E-state index is 11.7. The topological polar surface area (TPSA) is 26.3 Å². The van der Waals surface area contributed by atoms with Gasteiger partial charge in [-0.15, -0.1) is 11.8 Å². The largest absolute Gasteiger partial charge is 0.784 e. The van der Waals surface area contributed by atoms with Crippen molar-refractivity contribution in [3.05, 3.63) is 53.2 Å². The van der Waals surface area contributed by atoms with Crippen LogP contribution in [-0.4, -0.2) is 17.4 Å². The summed E-state index contributed by atoms with van der Waals surface area (Å²) in [5.74, 6) is 0.928. The zero-order valence-corrected chi connectivity index (χ0v) is 9.61. The number of hydrogen-bond acceptors (Lipinski definition) is 3. The number of fused-ring (bicyclic) bond motifs is 1. The number of nitrogens with zero attached hydrogens (tertiary/aromatic N) is 1. The van der Waals surface area contributed by atoms with Crippen molar-refractivity contribution in [3.63, 3.8) is 0 Å². The van der Waals surface area contributed by atoms with E-state index in [9.17, 15) is 5.21 Å².